The Balaban J connectivity index is 1.90. The van der Waals surface area contributed by atoms with Crippen molar-refractivity contribution in [2.24, 2.45) is 11.3 Å². The van der Waals surface area contributed by atoms with Crippen LogP contribution in [0, 0.1) is 11.3 Å². The molecule has 1 aliphatic rings. The molecule has 1 fully saturated rings. The number of hydrogen-bond acceptors (Lipinski definition) is 4. The zero-order valence-electron chi connectivity index (χ0n) is 10.0. The van der Waals surface area contributed by atoms with E-state index in [1.165, 1.54) is 0 Å². The Morgan fingerprint density at radius 2 is 2.33 bits per heavy atom. The summed E-state index contributed by atoms with van der Waals surface area (Å²) in [6.45, 7) is 3.80. The van der Waals surface area contributed by atoms with Gasteiger partial charge >= 0.3 is 5.97 Å². The second kappa shape index (κ2) is 3.44. The van der Waals surface area contributed by atoms with Gasteiger partial charge in [0.15, 0.2) is 0 Å². The van der Waals surface area contributed by atoms with Crippen LogP contribution in [0.2, 0.25) is 0 Å². The van der Waals surface area contributed by atoms with Gasteiger partial charge in [-0.15, -0.1) is 0 Å². The maximum absolute atomic E-state index is 11.1. The maximum Gasteiger partial charge on any atom is 0.307 e. The molecular weight excluding hydrogens is 234 g/mol. The molecule has 0 aromatic carbocycles. The minimum atomic E-state index is -0.815. The van der Waals surface area contributed by atoms with Gasteiger partial charge in [-0.05, 0) is 17.5 Å². The van der Waals surface area contributed by atoms with Crippen LogP contribution in [0.4, 0.5) is 0 Å². The van der Waals surface area contributed by atoms with Crippen molar-refractivity contribution < 1.29 is 14.4 Å². The Bertz CT molecular complexity index is 585. The summed E-state index contributed by atoms with van der Waals surface area (Å²) in [5.74, 6) is -0.607. The van der Waals surface area contributed by atoms with Crippen LogP contribution in [-0.2, 0) is 4.79 Å². The number of H-pyrrole nitrogens is 1. The second-order valence-corrected chi connectivity index (χ2v) is 5.15. The van der Waals surface area contributed by atoms with Gasteiger partial charge in [-0.25, -0.2) is 0 Å². The van der Waals surface area contributed by atoms with Crippen LogP contribution in [0.25, 0.3) is 11.5 Å². The van der Waals surface area contributed by atoms with Gasteiger partial charge in [-0.3, -0.25) is 4.79 Å². The number of carboxylic acid groups (broad SMARTS) is 1. The summed E-state index contributed by atoms with van der Waals surface area (Å²) in [4.78, 5) is 18.4. The molecule has 6 heteroatoms. The van der Waals surface area contributed by atoms with E-state index in [-0.39, 0.29) is 11.3 Å². The van der Waals surface area contributed by atoms with E-state index in [0.717, 1.165) is 5.69 Å². The molecule has 2 unspecified atom stereocenters. The molecule has 2 atom stereocenters. The first-order valence-corrected chi connectivity index (χ1v) is 5.72. The normalized spacial score (nSPS) is 25.0. The summed E-state index contributed by atoms with van der Waals surface area (Å²) in [5.41, 5.74) is 0.432. The average molecular weight is 247 g/mol. The number of hydrogen-bond donors (Lipinski definition) is 2. The molecule has 0 spiro atoms. The van der Waals surface area contributed by atoms with E-state index < -0.39 is 11.9 Å². The van der Waals surface area contributed by atoms with Gasteiger partial charge in [0, 0.05) is 6.20 Å². The van der Waals surface area contributed by atoms with E-state index in [1.807, 2.05) is 26.0 Å². The van der Waals surface area contributed by atoms with Crippen LogP contribution in [0.1, 0.15) is 25.7 Å². The highest BCUT2D eigenvalue weighted by Crippen LogP contribution is 2.64. The summed E-state index contributed by atoms with van der Waals surface area (Å²) in [7, 11) is 0. The number of aromatic amines is 1. The van der Waals surface area contributed by atoms with E-state index in [1.54, 1.807) is 6.20 Å². The van der Waals surface area contributed by atoms with E-state index in [9.17, 15) is 4.79 Å². The number of carboxylic acids is 1. The summed E-state index contributed by atoms with van der Waals surface area (Å²) in [6.07, 6.45) is 1.77. The lowest BCUT2D eigenvalue weighted by molar-refractivity contribution is -0.139. The van der Waals surface area contributed by atoms with Crippen molar-refractivity contribution >= 4 is 5.97 Å². The molecule has 2 aromatic rings. The molecule has 2 aromatic heterocycles. The zero-order chi connectivity index (χ0) is 12.9. The van der Waals surface area contributed by atoms with Crippen molar-refractivity contribution in [1.29, 1.82) is 0 Å². The molecule has 2 N–H and O–H groups in total. The van der Waals surface area contributed by atoms with Gasteiger partial charge in [0.2, 0.25) is 11.7 Å². The monoisotopic (exact) mass is 247 g/mol. The average Bonchev–Trinajstić information content (AvgIpc) is 2.80. The molecule has 1 aliphatic carbocycles. The predicted octanol–water partition coefficient (Wildman–Crippen LogP) is 1.89. The molecule has 2 heterocycles. The topological polar surface area (TPSA) is 92.0 Å². The molecule has 6 nitrogen and oxygen atoms in total. The first kappa shape index (κ1) is 11.0. The number of aromatic nitrogens is 3. The second-order valence-electron chi connectivity index (χ2n) is 5.15. The standard InChI is InChI=1S/C12H13N3O3/c1-12(2)7(8(12)11(16)17)10-14-9(15-18-10)6-4-3-5-13-6/h3-5,7-8,13H,1-2H3,(H,16,17). The fourth-order valence-corrected chi connectivity index (χ4v) is 2.50. The number of nitrogens with zero attached hydrogens (tertiary/aromatic N) is 2. The Kier molecular flexibility index (Phi) is 2.10. The third-order valence-electron chi connectivity index (χ3n) is 3.64. The van der Waals surface area contributed by atoms with Crippen molar-refractivity contribution in [3.63, 3.8) is 0 Å². The van der Waals surface area contributed by atoms with Gasteiger partial charge in [-0.1, -0.05) is 19.0 Å². The van der Waals surface area contributed by atoms with Gasteiger partial charge in [-0.2, -0.15) is 4.98 Å². The van der Waals surface area contributed by atoms with E-state index >= 15 is 0 Å². The molecule has 3 rings (SSSR count). The smallest absolute Gasteiger partial charge is 0.307 e. The molecule has 94 valence electrons. The predicted molar refractivity (Wildman–Crippen MR) is 61.7 cm³/mol. The lowest BCUT2D eigenvalue weighted by atomic mass is 10.1. The first-order chi connectivity index (χ1) is 8.51. The van der Waals surface area contributed by atoms with Gasteiger partial charge in [0.1, 0.15) is 0 Å². The Morgan fingerprint density at radius 1 is 1.56 bits per heavy atom. The largest absolute Gasteiger partial charge is 0.481 e. The summed E-state index contributed by atoms with van der Waals surface area (Å²) >= 11 is 0. The van der Waals surface area contributed by atoms with Gasteiger partial charge in [0.05, 0.1) is 17.5 Å². The number of nitrogens with one attached hydrogen (secondary N) is 1. The summed E-state index contributed by atoms with van der Waals surface area (Å²) in [6, 6.07) is 3.67. The van der Waals surface area contributed by atoms with Crippen LogP contribution >= 0.6 is 0 Å². The maximum atomic E-state index is 11.1. The first-order valence-electron chi connectivity index (χ1n) is 5.72. The molecule has 1 saturated carbocycles. The minimum Gasteiger partial charge on any atom is -0.481 e. The third kappa shape index (κ3) is 1.45. The summed E-state index contributed by atoms with van der Waals surface area (Å²) in [5, 5.41) is 13.0. The third-order valence-corrected chi connectivity index (χ3v) is 3.64. The Labute approximate surface area is 103 Å². The molecule has 0 bridgehead atoms. The quantitative estimate of drug-likeness (QED) is 0.864. The molecular formula is C12H13N3O3. The van der Waals surface area contributed by atoms with Crippen LogP contribution in [0.15, 0.2) is 22.9 Å². The van der Waals surface area contributed by atoms with Crippen molar-refractivity contribution in [1.82, 2.24) is 15.1 Å². The zero-order valence-corrected chi connectivity index (χ0v) is 10.0. The molecule has 18 heavy (non-hydrogen) atoms. The highest BCUT2D eigenvalue weighted by atomic mass is 16.5. The van der Waals surface area contributed by atoms with Gasteiger partial charge < -0.3 is 14.6 Å². The molecule has 0 amide bonds. The van der Waals surface area contributed by atoms with Crippen molar-refractivity contribution in [2.75, 3.05) is 0 Å². The summed E-state index contributed by atoms with van der Waals surface area (Å²) < 4.78 is 5.18. The molecule has 0 aliphatic heterocycles. The highest BCUT2D eigenvalue weighted by molar-refractivity contribution is 5.77. The van der Waals surface area contributed by atoms with E-state index in [4.69, 9.17) is 9.63 Å². The van der Waals surface area contributed by atoms with Crippen LogP contribution < -0.4 is 0 Å². The Hall–Kier alpha value is -2.11. The number of rotatable bonds is 3. The molecule has 0 radical (unpaired) electrons. The van der Waals surface area contributed by atoms with Crippen molar-refractivity contribution in [3.05, 3.63) is 24.2 Å². The fraction of sp³-hybridized carbons (Fsp3) is 0.417. The fourth-order valence-electron chi connectivity index (χ4n) is 2.50. The lowest BCUT2D eigenvalue weighted by Crippen LogP contribution is -2.03. The van der Waals surface area contributed by atoms with Crippen molar-refractivity contribution in [3.8, 4) is 11.5 Å². The van der Waals surface area contributed by atoms with Gasteiger partial charge in [0.25, 0.3) is 0 Å². The van der Waals surface area contributed by atoms with Crippen LogP contribution in [0.5, 0.6) is 0 Å². The van der Waals surface area contributed by atoms with E-state index in [0.29, 0.717) is 11.7 Å². The molecule has 0 saturated heterocycles. The number of aliphatic carboxylic acids is 1. The number of carbonyl (C=O) groups is 1. The highest BCUT2D eigenvalue weighted by Gasteiger charge is 2.65. The minimum absolute atomic E-state index is 0.203. The van der Waals surface area contributed by atoms with Crippen molar-refractivity contribution in [2.45, 2.75) is 19.8 Å². The Morgan fingerprint density at radius 3 is 2.89 bits per heavy atom. The van der Waals surface area contributed by atoms with Crippen LogP contribution in [-0.4, -0.2) is 26.2 Å². The van der Waals surface area contributed by atoms with E-state index in [2.05, 4.69) is 15.1 Å². The SMILES string of the molecule is CC1(C)C(C(=O)O)C1c1nc(-c2ccc[nH]2)no1. The lowest BCUT2D eigenvalue weighted by Gasteiger charge is -1.96. The van der Waals surface area contributed by atoms with Crippen LogP contribution in [0.3, 0.4) is 0 Å².